The van der Waals surface area contributed by atoms with E-state index in [2.05, 4.69) is 9.64 Å². The van der Waals surface area contributed by atoms with Gasteiger partial charge in [-0.05, 0) is 61.5 Å². The van der Waals surface area contributed by atoms with Crippen molar-refractivity contribution < 1.29 is 45.8 Å². The molecule has 13 heteroatoms. The van der Waals surface area contributed by atoms with Crippen LogP contribution in [0, 0.1) is 5.92 Å². The molecule has 1 aliphatic heterocycles. The number of hydroxylamine groups is 1. The molecule has 2 N–H and O–H groups in total. The highest BCUT2D eigenvalue weighted by Gasteiger charge is 2.31. The molecule has 2 aromatic rings. The molecule has 1 saturated heterocycles. The molecular weight excluding hydrogens is 493 g/mol. The van der Waals surface area contributed by atoms with Gasteiger partial charge >= 0.3 is 6.36 Å². The van der Waals surface area contributed by atoms with E-state index in [1.807, 2.05) is 0 Å². The van der Waals surface area contributed by atoms with E-state index in [-0.39, 0.29) is 22.8 Å². The monoisotopic (exact) mass is 518 g/mol. The maximum absolute atomic E-state index is 12.9. The van der Waals surface area contributed by atoms with Gasteiger partial charge < -0.3 is 14.2 Å². The van der Waals surface area contributed by atoms with Crippen LogP contribution in [0.2, 0.25) is 0 Å². The lowest BCUT2D eigenvalue weighted by molar-refractivity contribution is -0.274. The van der Waals surface area contributed by atoms with Crippen LogP contribution < -0.4 is 15.0 Å². The van der Waals surface area contributed by atoms with Crippen LogP contribution in [-0.2, 0) is 19.4 Å². The Hall–Kier alpha value is -2.87. The molecule has 1 unspecified atom stereocenters. The Morgan fingerprint density at radius 3 is 2.11 bits per heavy atom. The highest BCUT2D eigenvalue weighted by atomic mass is 32.2. The first-order valence-corrected chi connectivity index (χ1v) is 12.3. The summed E-state index contributed by atoms with van der Waals surface area (Å²) < 4.78 is 77.1. The number of carbonyl (C=O) groups is 1. The number of hydrogen-bond acceptors (Lipinski definition) is 8. The molecule has 2 aromatic carbocycles. The molecule has 1 heterocycles. The summed E-state index contributed by atoms with van der Waals surface area (Å²) in [5.41, 5.74) is 1.54. The molecule has 3 rings (SSSR count). The minimum Gasteiger partial charge on any atom is -0.457 e. The largest absolute Gasteiger partial charge is 0.573 e. The Balaban J connectivity index is 1.62. The van der Waals surface area contributed by atoms with Gasteiger partial charge in [0, 0.05) is 13.1 Å². The van der Waals surface area contributed by atoms with Gasteiger partial charge in [0.25, 0.3) is 0 Å². The predicted molar refractivity (Wildman–Crippen MR) is 117 cm³/mol. The Morgan fingerprint density at radius 1 is 1.03 bits per heavy atom. The summed E-state index contributed by atoms with van der Waals surface area (Å²) in [6, 6.07) is 10.1. The first kappa shape index (κ1) is 26.7. The summed E-state index contributed by atoms with van der Waals surface area (Å²) in [5, 5.41) is 9.05. The van der Waals surface area contributed by atoms with Crippen molar-refractivity contribution in [1.82, 2.24) is 10.4 Å². The molecule has 35 heavy (non-hydrogen) atoms. The van der Waals surface area contributed by atoms with Gasteiger partial charge in [0.2, 0.25) is 5.91 Å². The van der Waals surface area contributed by atoms with Crippen LogP contribution in [0.15, 0.2) is 53.4 Å². The lowest BCUT2D eigenvalue weighted by Gasteiger charge is -2.27. The lowest BCUT2D eigenvalue weighted by atomic mass is 10.1. The zero-order valence-electron chi connectivity index (χ0n) is 18.5. The summed E-state index contributed by atoms with van der Waals surface area (Å²) in [6.45, 7) is 2.97. The standard InChI is InChI=1S/C22H25F3N2O7S/c23-22(24,25)34-19-3-1-17(2-4-19)33-18-5-7-20(8-6-18)35(30,31)15-16(21(28)26-29)9-10-27-11-13-32-14-12-27/h1-8,16,29H,9-15H2,(H,26,28). The quantitative estimate of drug-likeness (QED) is 0.365. The summed E-state index contributed by atoms with van der Waals surface area (Å²) in [7, 11) is -3.87. The molecule has 0 radical (unpaired) electrons. The van der Waals surface area contributed by atoms with Crippen LogP contribution >= 0.6 is 0 Å². The van der Waals surface area contributed by atoms with Crippen molar-refractivity contribution in [1.29, 1.82) is 0 Å². The zero-order valence-corrected chi connectivity index (χ0v) is 19.3. The molecule has 1 aliphatic rings. The van der Waals surface area contributed by atoms with E-state index in [1.165, 1.54) is 36.4 Å². The number of nitrogens with one attached hydrogen (secondary N) is 1. The van der Waals surface area contributed by atoms with Crippen molar-refractivity contribution >= 4 is 15.7 Å². The number of morpholine rings is 1. The number of hydrogen-bond donors (Lipinski definition) is 2. The summed E-state index contributed by atoms with van der Waals surface area (Å²) >= 11 is 0. The number of alkyl halides is 3. The summed E-state index contributed by atoms with van der Waals surface area (Å²) in [4.78, 5) is 14.1. The molecule has 9 nitrogen and oxygen atoms in total. The van der Waals surface area contributed by atoms with Gasteiger partial charge in [-0.1, -0.05) is 0 Å². The van der Waals surface area contributed by atoms with Crippen LogP contribution in [-0.4, -0.2) is 69.4 Å². The van der Waals surface area contributed by atoms with Crippen molar-refractivity contribution in [2.75, 3.05) is 38.6 Å². The first-order chi connectivity index (χ1) is 16.6. The summed E-state index contributed by atoms with van der Waals surface area (Å²) in [6.07, 6.45) is -4.57. The van der Waals surface area contributed by atoms with Crippen molar-refractivity contribution in [3.63, 3.8) is 0 Å². The van der Waals surface area contributed by atoms with E-state index >= 15 is 0 Å². The fourth-order valence-corrected chi connectivity index (χ4v) is 5.06. The van der Waals surface area contributed by atoms with Crippen LogP contribution in [0.25, 0.3) is 0 Å². The minimum absolute atomic E-state index is 0.0408. The van der Waals surface area contributed by atoms with Crippen molar-refractivity contribution in [3.8, 4) is 17.2 Å². The Kier molecular flexibility index (Phi) is 8.94. The SMILES string of the molecule is O=C(NO)C(CCN1CCOCC1)CS(=O)(=O)c1ccc(Oc2ccc(OC(F)(F)F)cc2)cc1. The molecule has 1 amide bonds. The van der Waals surface area contributed by atoms with Gasteiger partial charge in [0.15, 0.2) is 9.84 Å². The van der Waals surface area contributed by atoms with E-state index in [4.69, 9.17) is 14.7 Å². The first-order valence-electron chi connectivity index (χ1n) is 10.7. The number of carbonyl (C=O) groups excluding carboxylic acids is 1. The van der Waals surface area contributed by atoms with Crippen molar-refractivity contribution in [2.45, 2.75) is 17.7 Å². The van der Waals surface area contributed by atoms with Gasteiger partial charge in [-0.15, -0.1) is 13.2 Å². The maximum atomic E-state index is 12.9. The molecule has 1 fully saturated rings. The van der Waals surface area contributed by atoms with E-state index in [1.54, 1.807) is 5.48 Å². The molecule has 0 saturated carbocycles. The second-order valence-electron chi connectivity index (χ2n) is 7.79. The molecule has 192 valence electrons. The minimum atomic E-state index is -4.80. The molecule has 0 aromatic heterocycles. The van der Waals surface area contributed by atoms with Gasteiger partial charge in [-0.2, -0.15) is 0 Å². The second kappa shape index (κ2) is 11.7. The number of benzene rings is 2. The van der Waals surface area contributed by atoms with Gasteiger partial charge in [0.05, 0.1) is 29.8 Å². The molecule has 1 atom stereocenters. The van der Waals surface area contributed by atoms with Crippen molar-refractivity contribution in [3.05, 3.63) is 48.5 Å². The number of sulfone groups is 1. The normalized spacial score (nSPS) is 15.9. The van der Waals surface area contributed by atoms with E-state index in [0.29, 0.717) is 32.8 Å². The number of amides is 1. The van der Waals surface area contributed by atoms with E-state index in [9.17, 15) is 26.4 Å². The fraction of sp³-hybridized carbons (Fsp3) is 0.409. The van der Waals surface area contributed by atoms with Crippen LogP contribution in [0.4, 0.5) is 13.2 Å². The average Bonchev–Trinajstić information content (AvgIpc) is 2.82. The van der Waals surface area contributed by atoms with Crippen molar-refractivity contribution in [2.24, 2.45) is 5.92 Å². The third kappa shape index (κ3) is 8.38. The molecule has 0 aliphatic carbocycles. The third-order valence-electron chi connectivity index (χ3n) is 5.27. The predicted octanol–water partition coefficient (Wildman–Crippen LogP) is 3.00. The Morgan fingerprint density at radius 2 is 1.57 bits per heavy atom. The maximum Gasteiger partial charge on any atom is 0.573 e. The van der Waals surface area contributed by atoms with Crippen LogP contribution in [0.1, 0.15) is 6.42 Å². The smallest absolute Gasteiger partial charge is 0.457 e. The molecule has 0 bridgehead atoms. The second-order valence-corrected chi connectivity index (χ2v) is 9.82. The number of rotatable bonds is 10. The average molecular weight is 519 g/mol. The van der Waals surface area contributed by atoms with Crippen LogP contribution in [0.5, 0.6) is 17.2 Å². The lowest BCUT2D eigenvalue weighted by Crippen LogP contribution is -2.40. The topological polar surface area (TPSA) is 114 Å². The fourth-order valence-electron chi connectivity index (χ4n) is 3.47. The zero-order chi connectivity index (χ0) is 25.5. The molecule has 0 spiro atoms. The molecular formula is C22H25F3N2O7S. The van der Waals surface area contributed by atoms with Gasteiger partial charge in [0.1, 0.15) is 17.2 Å². The van der Waals surface area contributed by atoms with Gasteiger partial charge in [-0.25, -0.2) is 13.9 Å². The van der Waals surface area contributed by atoms with Gasteiger partial charge in [-0.3, -0.25) is 14.9 Å². The number of halogens is 3. The number of nitrogens with zero attached hydrogens (tertiary/aromatic N) is 1. The highest BCUT2D eigenvalue weighted by molar-refractivity contribution is 7.91. The number of ether oxygens (including phenoxy) is 3. The summed E-state index contributed by atoms with van der Waals surface area (Å²) in [5.74, 6) is -2.16. The van der Waals surface area contributed by atoms with E-state index < -0.39 is 39.5 Å². The Bertz CT molecular complexity index is 1070. The third-order valence-corrected chi connectivity index (χ3v) is 7.11. The van der Waals surface area contributed by atoms with Crippen LogP contribution in [0.3, 0.4) is 0 Å². The Labute approximate surface area is 200 Å². The highest BCUT2D eigenvalue weighted by Crippen LogP contribution is 2.28. The van der Waals surface area contributed by atoms with E-state index in [0.717, 1.165) is 12.1 Å².